The van der Waals surface area contributed by atoms with Crippen molar-refractivity contribution in [1.82, 2.24) is 24.5 Å². The Morgan fingerprint density at radius 3 is 2.32 bits per heavy atom. The van der Waals surface area contributed by atoms with Crippen LogP contribution in [0.15, 0.2) is 79.1 Å². The van der Waals surface area contributed by atoms with Gasteiger partial charge in [-0.05, 0) is 65.9 Å². The lowest BCUT2D eigenvalue weighted by molar-refractivity contribution is 0.0303. The van der Waals surface area contributed by atoms with Crippen LogP contribution >= 0.6 is 0 Å². The summed E-state index contributed by atoms with van der Waals surface area (Å²) in [6, 6.07) is 20.7. The molecule has 0 atom stereocenters. The molecule has 0 saturated carbocycles. The molecule has 10 nitrogen and oxygen atoms in total. The molecule has 3 aromatic carbocycles. The third kappa shape index (κ3) is 6.02. The topological polar surface area (TPSA) is 114 Å². The Labute approximate surface area is 256 Å². The lowest BCUT2D eigenvalue weighted by Gasteiger charge is -2.26. The van der Waals surface area contributed by atoms with Crippen LogP contribution in [0.4, 0.5) is 17.2 Å². The van der Waals surface area contributed by atoms with Crippen LogP contribution < -0.4 is 10.6 Å². The molecule has 0 radical (unpaired) electrons. The van der Waals surface area contributed by atoms with Crippen LogP contribution in [0.5, 0.6) is 0 Å². The third-order valence-electron chi connectivity index (χ3n) is 7.78. The quantitative estimate of drug-likeness (QED) is 0.255. The smallest absolute Gasteiger partial charge is 0.255 e. The first kappa shape index (κ1) is 29.0. The van der Waals surface area contributed by atoms with E-state index in [0.717, 1.165) is 16.8 Å². The van der Waals surface area contributed by atoms with Crippen LogP contribution in [0.3, 0.4) is 0 Å². The van der Waals surface area contributed by atoms with Crippen molar-refractivity contribution in [3.8, 4) is 11.4 Å². The highest BCUT2D eigenvalue weighted by Crippen LogP contribution is 2.29. The van der Waals surface area contributed by atoms with E-state index in [1.807, 2.05) is 61.5 Å². The van der Waals surface area contributed by atoms with E-state index in [1.165, 1.54) is 5.56 Å². The number of carbonyl (C=O) groups is 2. The van der Waals surface area contributed by atoms with E-state index in [1.54, 1.807) is 33.9 Å². The molecular weight excluding hydrogens is 554 g/mol. The predicted molar refractivity (Wildman–Crippen MR) is 170 cm³/mol. The summed E-state index contributed by atoms with van der Waals surface area (Å²) >= 11 is 0. The summed E-state index contributed by atoms with van der Waals surface area (Å²) in [5.74, 6) is 0.791. The Hall–Kier alpha value is -5.09. The van der Waals surface area contributed by atoms with Crippen LogP contribution in [0.2, 0.25) is 0 Å². The van der Waals surface area contributed by atoms with Crippen molar-refractivity contribution in [2.75, 3.05) is 36.9 Å². The molecule has 1 aliphatic heterocycles. The second-order valence-electron chi connectivity index (χ2n) is 11.8. The van der Waals surface area contributed by atoms with Gasteiger partial charge in [-0.25, -0.2) is 14.5 Å². The maximum absolute atomic E-state index is 13.1. The van der Waals surface area contributed by atoms with Crippen LogP contribution in [-0.4, -0.2) is 62.6 Å². The number of morpholine rings is 1. The van der Waals surface area contributed by atoms with Crippen molar-refractivity contribution in [1.29, 1.82) is 0 Å². The SMILES string of the molecule is Cc1c(NC(=O)c2ccc(C(C)(C)C)cc2)cccc1-c1nc(Nc2ccc(C(=O)N3CCOCC3)cc2)c2nccn2n1. The highest BCUT2D eigenvalue weighted by Gasteiger charge is 2.20. The minimum absolute atomic E-state index is 0.00943. The first-order valence-corrected chi connectivity index (χ1v) is 14.6. The standard InChI is InChI=1S/C34H35N7O3/c1-22-27(6-5-7-28(22)37-32(42)23-8-12-25(13-9-23)34(2,3)4)29-38-30(31-35-16-17-41(31)39-29)36-26-14-10-24(11-15-26)33(43)40-18-20-44-21-19-40/h5-17H,18-21H2,1-4H3,(H,37,42)(H,36,38,39). The van der Waals surface area contributed by atoms with Gasteiger partial charge in [-0.2, -0.15) is 0 Å². The molecule has 1 fully saturated rings. The van der Waals surface area contributed by atoms with Gasteiger partial charge in [0.1, 0.15) is 0 Å². The molecule has 3 heterocycles. The van der Waals surface area contributed by atoms with E-state index in [-0.39, 0.29) is 17.2 Å². The summed E-state index contributed by atoms with van der Waals surface area (Å²) in [6.07, 6.45) is 3.43. The van der Waals surface area contributed by atoms with E-state index >= 15 is 0 Å². The zero-order valence-electron chi connectivity index (χ0n) is 25.3. The minimum Gasteiger partial charge on any atom is -0.378 e. The molecular formula is C34H35N7O3. The van der Waals surface area contributed by atoms with Gasteiger partial charge < -0.3 is 20.3 Å². The number of amides is 2. The van der Waals surface area contributed by atoms with E-state index < -0.39 is 0 Å². The van der Waals surface area contributed by atoms with Gasteiger partial charge in [0.05, 0.1) is 13.2 Å². The highest BCUT2D eigenvalue weighted by atomic mass is 16.5. The fourth-order valence-electron chi connectivity index (χ4n) is 5.14. The van der Waals surface area contributed by atoms with Crippen LogP contribution in [0.1, 0.15) is 52.6 Å². The maximum atomic E-state index is 13.1. The summed E-state index contributed by atoms with van der Waals surface area (Å²) in [5.41, 5.74) is 5.98. The van der Waals surface area contributed by atoms with Crippen LogP contribution in [0, 0.1) is 6.92 Å². The number of anilines is 3. The number of rotatable bonds is 6. The van der Waals surface area contributed by atoms with E-state index in [2.05, 4.69) is 36.4 Å². The average molecular weight is 590 g/mol. The van der Waals surface area contributed by atoms with Gasteiger partial charge in [-0.3, -0.25) is 9.59 Å². The van der Waals surface area contributed by atoms with Gasteiger partial charge in [-0.1, -0.05) is 45.0 Å². The molecule has 0 bridgehead atoms. The Morgan fingerprint density at radius 2 is 1.61 bits per heavy atom. The number of carbonyl (C=O) groups excluding carboxylic acids is 2. The van der Waals surface area contributed by atoms with Gasteiger partial charge in [0.15, 0.2) is 17.3 Å². The molecule has 44 heavy (non-hydrogen) atoms. The maximum Gasteiger partial charge on any atom is 0.255 e. The third-order valence-corrected chi connectivity index (χ3v) is 7.78. The monoisotopic (exact) mass is 589 g/mol. The van der Waals surface area contributed by atoms with Crippen molar-refractivity contribution in [2.45, 2.75) is 33.1 Å². The number of ether oxygens (including phenoxy) is 1. The highest BCUT2D eigenvalue weighted by molar-refractivity contribution is 6.05. The van der Waals surface area contributed by atoms with Crippen molar-refractivity contribution >= 4 is 34.7 Å². The first-order chi connectivity index (χ1) is 21.2. The van der Waals surface area contributed by atoms with Gasteiger partial charge in [0.25, 0.3) is 11.8 Å². The molecule has 6 rings (SSSR count). The number of nitrogens with one attached hydrogen (secondary N) is 2. The molecule has 1 saturated heterocycles. The van der Waals surface area contributed by atoms with Crippen molar-refractivity contribution in [2.24, 2.45) is 0 Å². The number of hydrogen-bond donors (Lipinski definition) is 2. The van der Waals surface area contributed by atoms with E-state index in [4.69, 9.17) is 14.8 Å². The number of benzene rings is 3. The second kappa shape index (κ2) is 11.9. The van der Waals surface area contributed by atoms with Crippen molar-refractivity contribution in [3.63, 3.8) is 0 Å². The summed E-state index contributed by atoms with van der Waals surface area (Å²) in [6.45, 7) is 10.7. The van der Waals surface area contributed by atoms with Crippen LogP contribution in [0.25, 0.3) is 17.0 Å². The zero-order chi connectivity index (χ0) is 30.8. The fraction of sp³-hybridized carbons (Fsp3) is 0.265. The van der Waals surface area contributed by atoms with Crippen molar-refractivity contribution in [3.05, 3.63) is 101 Å². The number of aromatic nitrogens is 4. The number of imidazole rings is 1. The summed E-state index contributed by atoms with van der Waals surface area (Å²) in [7, 11) is 0. The fourth-order valence-corrected chi connectivity index (χ4v) is 5.14. The van der Waals surface area contributed by atoms with Crippen molar-refractivity contribution < 1.29 is 14.3 Å². The molecule has 5 aromatic rings. The average Bonchev–Trinajstić information content (AvgIpc) is 3.51. The molecule has 224 valence electrons. The van der Waals surface area contributed by atoms with E-state index in [9.17, 15) is 9.59 Å². The zero-order valence-corrected chi connectivity index (χ0v) is 25.3. The Bertz CT molecular complexity index is 1820. The lowest BCUT2D eigenvalue weighted by atomic mass is 9.86. The molecule has 0 unspecified atom stereocenters. The minimum atomic E-state index is -0.186. The Morgan fingerprint density at radius 1 is 0.909 bits per heavy atom. The molecule has 1 aliphatic rings. The first-order valence-electron chi connectivity index (χ1n) is 14.6. The summed E-state index contributed by atoms with van der Waals surface area (Å²) < 4.78 is 7.03. The Balaban J connectivity index is 1.24. The number of nitrogens with zero attached hydrogens (tertiary/aromatic N) is 5. The van der Waals surface area contributed by atoms with Gasteiger partial charge in [-0.15, -0.1) is 5.10 Å². The number of hydrogen-bond acceptors (Lipinski definition) is 7. The lowest BCUT2D eigenvalue weighted by Crippen LogP contribution is -2.40. The number of fused-ring (bicyclic) bond motifs is 1. The molecule has 2 N–H and O–H groups in total. The molecule has 0 spiro atoms. The van der Waals surface area contributed by atoms with Crippen LogP contribution in [-0.2, 0) is 10.2 Å². The second-order valence-corrected chi connectivity index (χ2v) is 11.8. The molecule has 2 aromatic heterocycles. The summed E-state index contributed by atoms with van der Waals surface area (Å²) in [5, 5.41) is 11.1. The molecule has 2 amide bonds. The van der Waals surface area contributed by atoms with E-state index in [0.29, 0.717) is 60.4 Å². The largest absolute Gasteiger partial charge is 0.378 e. The van der Waals surface area contributed by atoms with Gasteiger partial charge >= 0.3 is 0 Å². The van der Waals surface area contributed by atoms with Gasteiger partial charge in [0.2, 0.25) is 0 Å². The predicted octanol–water partition coefficient (Wildman–Crippen LogP) is 5.87. The normalized spacial score (nSPS) is 13.6. The molecule has 10 heteroatoms. The van der Waals surface area contributed by atoms with Gasteiger partial charge in [0, 0.05) is 53.5 Å². The Kier molecular flexibility index (Phi) is 7.84. The molecule has 0 aliphatic carbocycles. The summed E-state index contributed by atoms with van der Waals surface area (Å²) in [4.78, 5) is 37.1.